The van der Waals surface area contributed by atoms with Crippen LogP contribution in [0.4, 0.5) is 0 Å². The van der Waals surface area contributed by atoms with Crippen molar-refractivity contribution in [2.75, 3.05) is 13.1 Å². The van der Waals surface area contributed by atoms with Gasteiger partial charge in [0.25, 0.3) is 0 Å². The van der Waals surface area contributed by atoms with Gasteiger partial charge >= 0.3 is 0 Å². The Morgan fingerprint density at radius 2 is 1.58 bits per heavy atom. The minimum Gasteiger partial charge on any atom is -0.368 e. The van der Waals surface area contributed by atoms with E-state index in [0.29, 0.717) is 37.8 Å². The van der Waals surface area contributed by atoms with Crippen molar-refractivity contribution in [2.24, 2.45) is 17.4 Å². The van der Waals surface area contributed by atoms with Gasteiger partial charge in [0.05, 0.1) is 6.54 Å². The molecule has 9 nitrogen and oxygen atoms in total. The first-order chi connectivity index (χ1) is 17.0. The summed E-state index contributed by atoms with van der Waals surface area (Å²) < 4.78 is 0. The van der Waals surface area contributed by atoms with Crippen molar-refractivity contribution in [3.8, 4) is 0 Å². The number of hydrogen-bond donors (Lipinski definition) is 5. The molecule has 1 aromatic rings. The second-order valence-electron chi connectivity index (χ2n) is 9.13. The van der Waals surface area contributed by atoms with Crippen LogP contribution in [0.2, 0.25) is 0 Å². The molecule has 9 heteroatoms. The fraction of sp³-hybridized carbons (Fsp3) is 0.556. The normalized spacial score (nSPS) is 12.6. The second kappa shape index (κ2) is 19.0. The summed E-state index contributed by atoms with van der Waals surface area (Å²) in [6, 6.07) is 7.75. The van der Waals surface area contributed by atoms with Crippen molar-refractivity contribution >= 4 is 29.7 Å². The quantitative estimate of drug-likeness (QED) is 0.194. The lowest BCUT2D eigenvalue weighted by molar-refractivity contribution is -0.130. The molecule has 0 aliphatic carbocycles. The summed E-state index contributed by atoms with van der Waals surface area (Å²) in [6.07, 6.45) is 5.11. The highest BCUT2D eigenvalue weighted by molar-refractivity contribution is 6.00. The lowest BCUT2D eigenvalue weighted by atomic mass is 10.0. The van der Waals surface area contributed by atoms with E-state index in [2.05, 4.69) is 29.8 Å². The molecule has 1 rings (SSSR count). The van der Waals surface area contributed by atoms with Crippen LogP contribution in [0.15, 0.2) is 35.9 Å². The summed E-state index contributed by atoms with van der Waals surface area (Å²) in [6.45, 7) is 9.88. The molecule has 0 saturated carbocycles. The van der Waals surface area contributed by atoms with Crippen LogP contribution in [0.3, 0.4) is 0 Å². The van der Waals surface area contributed by atoms with Gasteiger partial charge in [0, 0.05) is 5.57 Å². The molecule has 36 heavy (non-hydrogen) atoms. The Bertz CT molecular complexity index is 840. The zero-order valence-corrected chi connectivity index (χ0v) is 22.4. The van der Waals surface area contributed by atoms with E-state index in [1.54, 1.807) is 13.0 Å². The second-order valence-corrected chi connectivity index (χ2v) is 9.13. The Kier molecular flexibility index (Phi) is 17.4. The van der Waals surface area contributed by atoms with Crippen molar-refractivity contribution < 1.29 is 19.2 Å². The maximum atomic E-state index is 12.7. The molecule has 7 N–H and O–H groups in total. The third kappa shape index (κ3) is 14.9. The van der Waals surface area contributed by atoms with Gasteiger partial charge in [-0.1, -0.05) is 64.4 Å². The third-order valence-corrected chi connectivity index (χ3v) is 4.92. The molecular weight excluding hydrogens is 458 g/mol. The van der Waals surface area contributed by atoms with Gasteiger partial charge in [0.15, 0.2) is 0 Å². The maximum Gasteiger partial charge on any atom is 0.247 e. The van der Waals surface area contributed by atoms with Crippen molar-refractivity contribution in [3.05, 3.63) is 41.5 Å². The SMILES string of the molecule is C/C(=C\c1ccccc1)C(=O)N[C@@H](CCCCN)C(=O)NCC(=O)N[C@@H](CC(C)C)C(N)=O.CCC. The number of benzene rings is 1. The summed E-state index contributed by atoms with van der Waals surface area (Å²) in [5.41, 5.74) is 12.2. The van der Waals surface area contributed by atoms with Gasteiger partial charge in [0.1, 0.15) is 12.1 Å². The number of primary amides is 1. The van der Waals surface area contributed by atoms with E-state index >= 15 is 0 Å². The van der Waals surface area contributed by atoms with Crippen LogP contribution in [0.25, 0.3) is 6.08 Å². The summed E-state index contributed by atoms with van der Waals surface area (Å²) in [7, 11) is 0. The van der Waals surface area contributed by atoms with Crippen LogP contribution < -0.4 is 27.4 Å². The number of hydrogen-bond acceptors (Lipinski definition) is 5. The van der Waals surface area contributed by atoms with Gasteiger partial charge in [0.2, 0.25) is 23.6 Å². The summed E-state index contributed by atoms with van der Waals surface area (Å²) in [5.74, 6) is -1.85. The van der Waals surface area contributed by atoms with Gasteiger partial charge in [-0.25, -0.2) is 0 Å². The van der Waals surface area contributed by atoms with Crippen molar-refractivity contribution in [1.29, 1.82) is 0 Å². The smallest absolute Gasteiger partial charge is 0.247 e. The van der Waals surface area contributed by atoms with Crippen LogP contribution in [-0.2, 0) is 19.2 Å². The summed E-state index contributed by atoms with van der Waals surface area (Å²) in [5, 5.41) is 7.81. The zero-order chi connectivity index (χ0) is 27.5. The average Bonchev–Trinajstić information content (AvgIpc) is 2.82. The largest absolute Gasteiger partial charge is 0.368 e. The molecule has 0 radical (unpaired) electrons. The minimum absolute atomic E-state index is 0.159. The molecule has 0 heterocycles. The Hall–Kier alpha value is -3.20. The first kappa shape index (κ1) is 32.8. The highest BCUT2D eigenvalue weighted by atomic mass is 16.2. The Morgan fingerprint density at radius 3 is 2.11 bits per heavy atom. The molecule has 0 bridgehead atoms. The summed E-state index contributed by atoms with van der Waals surface area (Å²) >= 11 is 0. The Morgan fingerprint density at radius 1 is 0.972 bits per heavy atom. The number of carbonyl (C=O) groups is 4. The van der Waals surface area contributed by atoms with Gasteiger partial charge in [-0.15, -0.1) is 0 Å². The van der Waals surface area contributed by atoms with Gasteiger partial charge in [-0.3, -0.25) is 19.2 Å². The summed E-state index contributed by atoms with van der Waals surface area (Å²) in [4.78, 5) is 49.1. The van der Waals surface area contributed by atoms with Crippen LogP contribution in [-0.4, -0.2) is 48.8 Å². The maximum absolute atomic E-state index is 12.7. The standard InChI is InChI=1S/C24H37N5O4.C3H8/c1-16(2)13-20(22(26)31)28-21(30)15-27-24(33)19(11-7-8-12-25)29-23(32)17(3)14-18-9-5-4-6-10-18;1-3-2/h4-6,9-10,14,16,19-20H,7-8,11-13,15,25H2,1-3H3,(H2,26,31)(H,27,33)(H,28,30)(H,29,32);3H2,1-2H3/b17-14+;/t19-,20-;/m0./s1. The van der Waals surface area contributed by atoms with Crippen molar-refractivity contribution in [1.82, 2.24) is 16.0 Å². The van der Waals surface area contributed by atoms with Crippen molar-refractivity contribution in [2.45, 2.75) is 78.8 Å². The van der Waals surface area contributed by atoms with E-state index < -0.39 is 29.8 Å². The van der Waals surface area contributed by atoms with E-state index in [1.165, 1.54) is 6.42 Å². The molecule has 0 aliphatic heterocycles. The van der Waals surface area contributed by atoms with E-state index in [0.717, 1.165) is 5.56 Å². The highest BCUT2D eigenvalue weighted by Gasteiger charge is 2.23. The molecule has 4 amide bonds. The number of nitrogens with one attached hydrogen (secondary N) is 3. The number of amides is 4. The van der Waals surface area contributed by atoms with E-state index in [4.69, 9.17) is 11.5 Å². The van der Waals surface area contributed by atoms with Gasteiger partial charge in [-0.2, -0.15) is 0 Å². The molecule has 0 spiro atoms. The van der Waals surface area contributed by atoms with E-state index in [9.17, 15) is 19.2 Å². The lowest BCUT2D eigenvalue weighted by Gasteiger charge is -2.20. The van der Waals surface area contributed by atoms with Crippen LogP contribution >= 0.6 is 0 Å². The fourth-order valence-corrected chi connectivity index (χ4v) is 3.15. The van der Waals surface area contributed by atoms with Gasteiger partial charge < -0.3 is 27.4 Å². The molecule has 0 aromatic heterocycles. The molecule has 2 atom stereocenters. The van der Waals surface area contributed by atoms with Crippen LogP contribution in [0.5, 0.6) is 0 Å². The number of rotatable bonds is 14. The fourth-order valence-electron chi connectivity index (χ4n) is 3.15. The zero-order valence-electron chi connectivity index (χ0n) is 22.4. The average molecular weight is 504 g/mol. The molecule has 0 fully saturated rings. The lowest BCUT2D eigenvalue weighted by Crippen LogP contribution is -2.51. The van der Waals surface area contributed by atoms with E-state index in [1.807, 2.05) is 44.2 Å². The van der Waals surface area contributed by atoms with Crippen molar-refractivity contribution in [3.63, 3.8) is 0 Å². The van der Waals surface area contributed by atoms with E-state index in [-0.39, 0.29) is 18.4 Å². The monoisotopic (exact) mass is 503 g/mol. The van der Waals surface area contributed by atoms with Crippen LogP contribution in [0, 0.1) is 5.92 Å². The Labute approximate surface area is 215 Å². The predicted octanol–water partition coefficient (Wildman–Crippen LogP) is 2.25. The highest BCUT2D eigenvalue weighted by Crippen LogP contribution is 2.08. The number of unbranched alkanes of at least 4 members (excludes halogenated alkanes) is 1. The van der Waals surface area contributed by atoms with Crippen LogP contribution in [0.1, 0.15) is 72.3 Å². The minimum atomic E-state index is -0.821. The third-order valence-electron chi connectivity index (χ3n) is 4.92. The van der Waals surface area contributed by atoms with Gasteiger partial charge in [-0.05, 0) is 56.7 Å². The first-order valence-electron chi connectivity index (χ1n) is 12.7. The molecule has 0 saturated heterocycles. The Balaban J connectivity index is 0.00000387. The molecule has 202 valence electrons. The predicted molar refractivity (Wildman–Crippen MR) is 144 cm³/mol. The number of nitrogens with two attached hydrogens (primary N) is 2. The molecule has 1 aromatic carbocycles. The topological polar surface area (TPSA) is 156 Å². The number of carbonyl (C=O) groups excluding carboxylic acids is 4. The molecule has 0 unspecified atom stereocenters. The first-order valence-corrected chi connectivity index (χ1v) is 12.7. The molecular formula is C27H45N5O4. The molecule has 0 aliphatic rings.